The number of rotatable bonds is 6. The summed E-state index contributed by atoms with van der Waals surface area (Å²) in [7, 11) is 0. The van der Waals surface area contributed by atoms with Crippen LogP contribution >= 0.6 is 0 Å². The Morgan fingerprint density at radius 3 is 2.29 bits per heavy atom. The Hall–Kier alpha value is -3.15. The van der Waals surface area contributed by atoms with Gasteiger partial charge in [-0.2, -0.15) is 0 Å². The maximum absolute atomic E-state index is 12.6. The lowest BCUT2D eigenvalue weighted by molar-refractivity contribution is -0.139. The van der Waals surface area contributed by atoms with Crippen molar-refractivity contribution in [3.05, 3.63) is 64.7 Å². The molecule has 6 nitrogen and oxygen atoms in total. The lowest BCUT2D eigenvalue weighted by Gasteiger charge is -2.18. The number of benzene rings is 2. The second-order valence-electron chi connectivity index (χ2n) is 7.42. The molecule has 2 aromatic carbocycles. The lowest BCUT2D eigenvalue weighted by atomic mass is 9.97. The van der Waals surface area contributed by atoms with Crippen LogP contribution in [-0.2, 0) is 9.59 Å². The molecule has 0 heterocycles. The van der Waals surface area contributed by atoms with Gasteiger partial charge in [0.2, 0.25) is 5.91 Å². The van der Waals surface area contributed by atoms with Crippen molar-refractivity contribution < 1.29 is 19.5 Å². The predicted molar refractivity (Wildman–Crippen MR) is 106 cm³/mol. The summed E-state index contributed by atoms with van der Waals surface area (Å²) in [6.45, 7) is 5.77. The third-order valence-electron chi connectivity index (χ3n) is 5.34. The molecular weight excluding hydrogens is 356 g/mol. The molecule has 1 aliphatic carbocycles. The van der Waals surface area contributed by atoms with Crippen molar-refractivity contribution in [1.29, 1.82) is 0 Å². The molecule has 3 atom stereocenters. The predicted octanol–water partition coefficient (Wildman–Crippen LogP) is 3.45. The molecule has 0 spiro atoms. The average molecular weight is 380 g/mol. The first-order chi connectivity index (χ1) is 13.3. The number of anilines is 1. The van der Waals surface area contributed by atoms with E-state index in [1.54, 1.807) is 36.4 Å². The first-order valence-corrected chi connectivity index (χ1v) is 9.28. The summed E-state index contributed by atoms with van der Waals surface area (Å²) in [6, 6.07) is 10.7. The van der Waals surface area contributed by atoms with Gasteiger partial charge in [-0.15, -0.1) is 0 Å². The standard InChI is InChI=1S/C22H24N2O4/c1-12-5-4-6-17(14(12)3)19(22(27)28)24-20(25)15-7-9-16(10-8-15)23-21(26)18-11-13(18)2/h4-10,13,18-19H,11H2,1-3H3,(H,23,26)(H,24,25)(H,27,28). The summed E-state index contributed by atoms with van der Waals surface area (Å²) in [6.07, 6.45) is 0.904. The number of aryl methyl sites for hydroxylation is 1. The first kappa shape index (κ1) is 19.6. The topological polar surface area (TPSA) is 95.5 Å². The molecule has 2 amide bonds. The maximum Gasteiger partial charge on any atom is 0.330 e. The van der Waals surface area contributed by atoms with Crippen LogP contribution in [0.5, 0.6) is 0 Å². The fourth-order valence-corrected chi connectivity index (χ4v) is 3.20. The minimum absolute atomic E-state index is 0.00874. The molecule has 0 aliphatic heterocycles. The van der Waals surface area contributed by atoms with Gasteiger partial charge in [-0.05, 0) is 67.1 Å². The smallest absolute Gasteiger partial charge is 0.330 e. The van der Waals surface area contributed by atoms with Crippen molar-refractivity contribution in [2.75, 3.05) is 5.32 Å². The molecule has 1 fully saturated rings. The Morgan fingerprint density at radius 1 is 1.07 bits per heavy atom. The number of nitrogens with one attached hydrogen (secondary N) is 2. The molecule has 0 aromatic heterocycles. The van der Waals surface area contributed by atoms with Crippen LogP contribution in [0.4, 0.5) is 5.69 Å². The van der Waals surface area contributed by atoms with Crippen molar-refractivity contribution in [3.63, 3.8) is 0 Å². The van der Waals surface area contributed by atoms with Crippen LogP contribution in [0.2, 0.25) is 0 Å². The zero-order valence-corrected chi connectivity index (χ0v) is 16.2. The van der Waals surface area contributed by atoms with Gasteiger partial charge < -0.3 is 15.7 Å². The highest BCUT2D eigenvalue weighted by atomic mass is 16.4. The summed E-state index contributed by atoms with van der Waals surface area (Å²) in [5, 5.41) is 15.0. The van der Waals surface area contributed by atoms with E-state index in [4.69, 9.17) is 0 Å². The van der Waals surface area contributed by atoms with Gasteiger partial charge in [-0.1, -0.05) is 25.1 Å². The van der Waals surface area contributed by atoms with Crippen LogP contribution in [0.15, 0.2) is 42.5 Å². The average Bonchev–Trinajstić information content (AvgIpc) is 3.39. The SMILES string of the molecule is Cc1cccc(C(NC(=O)c2ccc(NC(=O)C3CC3C)cc2)C(=O)O)c1C. The summed E-state index contributed by atoms with van der Waals surface area (Å²) in [5.41, 5.74) is 3.30. The number of aliphatic carboxylic acids is 1. The van der Waals surface area contributed by atoms with Crippen LogP contribution in [0.25, 0.3) is 0 Å². The van der Waals surface area contributed by atoms with E-state index in [1.165, 1.54) is 0 Å². The number of amides is 2. The highest BCUT2D eigenvalue weighted by molar-refractivity contribution is 5.98. The van der Waals surface area contributed by atoms with Crippen molar-refractivity contribution >= 4 is 23.5 Å². The van der Waals surface area contributed by atoms with Crippen LogP contribution in [-0.4, -0.2) is 22.9 Å². The Bertz CT molecular complexity index is 921. The zero-order valence-electron chi connectivity index (χ0n) is 16.2. The normalized spacial score (nSPS) is 18.8. The van der Waals surface area contributed by atoms with Gasteiger partial charge in [0.05, 0.1) is 0 Å². The van der Waals surface area contributed by atoms with Gasteiger partial charge in [0.25, 0.3) is 5.91 Å². The van der Waals surface area contributed by atoms with Gasteiger partial charge in [0, 0.05) is 17.2 Å². The highest BCUT2D eigenvalue weighted by Gasteiger charge is 2.39. The molecule has 146 valence electrons. The minimum Gasteiger partial charge on any atom is -0.479 e. The maximum atomic E-state index is 12.6. The third kappa shape index (κ3) is 4.22. The number of carboxylic acids is 1. The molecule has 3 rings (SSSR count). The van der Waals surface area contributed by atoms with E-state index < -0.39 is 17.9 Å². The molecule has 1 aliphatic rings. The van der Waals surface area contributed by atoms with Gasteiger partial charge in [-0.3, -0.25) is 9.59 Å². The van der Waals surface area contributed by atoms with E-state index in [0.29, 0.717) is 22.7 Å². The summed E-state index contributed by atoms with van der Waals surface area (Å²) < 4.78 is 0. The second kappa shape index (κ2) is 7.84. The van der Waals surface area contributed by atoms with E-state index in [-0.39, 0.29) is 11.8 Å². The summed E-state index contributed by atoms with van der Waals surface area (Å²) in [4.78, 5) is 36.3. The molecule has 3 unspecified atom stereocenters. The Morgan fingerprint density at radius 2 is 1.71 bits per heavy atom. The molecule has 0 saturated heterocycles. The Balaban J connectivity index is 1.71. The van der Waals surface area contributed by atoms with E-state index in [9.17, 15) is 19.5 Å². The monoisotopic (exact) mass is 380 g/mol. The van der Waals surface area contributed by atoms with Crippen LogP contribution in [0.3, 0.4) is 0 Å². The number of hydrogen-bond acceptors (Lipinski definition) is 3. The molecule has 3 N–H and O–H groups in total. The van der Waals surface area contributed by atoms with Gasteiger partial charge in [-0.25, -0.2) is 4.79 Å². The molecule has 0 radical (unpaired) electrons. The second-order valence-corrected chi connectivity index (χ2v) is 7.42. The van der Waals surface area contributed by atoms with Crippen molar-refractivity contribution in [2.24, 2.45) is 11.8 Å². The number of carbonyl (C=O) groups is 3. The van der Waals surface area contributed by atoms with Crippen molar-refractivity contribution in [1.82, 2.24) is 5.32 Å². The Kier molecular flexibility index (Phi) is 5.49. The lowest BCUT2D eigenvalue weighted by Crippen LogP contribution is -2.34. The van der Waals surface area contributed by atoms with Crippen molar-refractivity contribution in [2.45, 2.75) is 33.2 Å². The molecule has 0 bridgehead atoms. The molecular formula is C22H24N2O4. The first-order valence-electron chi connectivity index (χ1n) is 9.28. The molecule has 1 saturated carbocycles. The van der Waals surface area contributed by atoms with Crippen molar-refractivity contribution in [3.8, 4) is 0 Å². The summed E-state index contributed by atoms with van der Waals surface area (Å²) in [5.74, 6) is -1.13. The largest absolute Gasteiger partial charge is 0.479 e. The zero-order chi connectivity index (χ0) is 20.4. The molecule has 28 heavy (non-hydrogen) atoms. The fraction of sp³-hybridized carbons (Fsp3) is 0.318. The van der Waals surface area contributed by atoms with E-state index in [1.807, 2.05) is 26.8 Å². The highest BCUT2D eigenvalue weighted by Crippen LogP contribution is 2.38. The number of carboxylic acid groups (broad SMARTS) is 1. The van der Waals surface area contributed by atoms with Gasteiger partial charge in [0.15, 0.2) is 6.04 Å². The van der Waals surface area contributed by atoms with Crippen LogP contribution in [0, 0.1) is 25.7 Å². The number of hydrogen-bond donors (Lipinski definition) is 3. The third-order valence-corrected chi connectivity index (χ3v) is 5.34. The quantitative estimate of drug-likeness (QED) is 0.715. The fourth-order valence-electron chi connectivity index (χ4n) is 3.20. The molecule has 2 aromatic rings. The van der Waals surface area contributed by atoms with Crippen LogP contribution in [0.1, 0.15) is 46.4 Å². The van der Waals surface area contributed by atoms with E-state index >= 15 is 0 Å². The van der Waals surface area contributed by atoms with E-state index in [2.05, 4.69) is 10.6 Å². The summed E-state index contributed by atoms with van der Waals surface area (Å²) >= 11 is 0. The van der Waals surface area contributed by atoms with Crippen LogP contribution < -0.4 is 10.6 Å². The van der Waals surface area contributed by atoms with Gasteiger partial charge in [0.1, 0.15) is 0 Å². The minimum atomic E-state index is -1.14. The molecule has 6 heteroatoms. The Labute approximate surface area is 164 Å². The van der Waals surface area contributed by atoms with E-state index in [0.717, 1.165) is 17.5 Å². The van der Waals surface area contributed by atoms with Gasteiger partial charge >= 0.3 is 5.97 Å². The number of carbonyl (C=O) groups excluding carboxylic acids is 2.